The summed E-state index contributed by atoms with van der Waals surface area (Å²) < 4.78 is 5.16. The maximum atomic E-state index is 5.16. The third kappa shape index (κ3) is 4.04. The van der Waals surface area contributed by atoms with Crippen LogP contribution in [-0.2, 0) is 4.74 Å². The fourth-order valence-corrected chi connectivity index (χ4v) is 1.77. The monoisotopic (exact) mass is 199 g/mol. The van der Waals surface area contributed by atoms with Crippen LogP contribution < -0.4 is 5.32 Å². The molecule has 1 saturated heterocycles. The average molecular weight is 199 g/mol. The summed E-state index contributed by atoms with van der Waals surface area (Å²) >= 11 is 1.80. The van der Waals surface area contributed by atoms with E-state index in [1.165, 1.54) is 0 Å². The van der Waals surface area contributed by atoms with E-state index >= 15 is 0 Å². The molecular weight excluding hydrogens is 182 g/mol. The normalized spacial score (nSPS) is 19.1. The molecule has 1 aliphatic rings. The molecule has 0 spiro atoms. The van der Waals surface area contributed by atoms with Gasteiger partial charge in [0.2, 0.25) is 0 Å². The molecule has 1 fully saturated rings. The highest BCUT2D eigenvalue weighted by atomic mass is 32.2. The molecule has 74 valence electrons. The molecule has 0 saturated carbocycles. The van der Waals surface area contributed by atoms with Crippen molar-refractivity contribution in [3.8, 4) is 12.3 Å². The largest absolute Gasteiger partial charge is 0.380 e. The summed E-state index contributed by atoms with van der Waals surface area (Å²) in [5.74, 6) is 4.53. The maximum Gasteiger partial charge on any atom is 0.0554 e. The van der Waals surface area contributed by atoms with Gasteiger partial charge in [0.1, 0.15) is 0 Å². The Morgan fingerprint density at radius 2 is 2.38 bits per heavy atom. The van der Waals surface area contributed by atoms with E-state index in [9.17, 15) is 0 Å². The number of thioether (sulfide) groups is 1. The van der Waals surface area contributed by atoms with Crippen molar-refractivity contribution in [1.29, 1.82) is 0 Å². The first-order valence-corrected chi connectivity index (χ1v) is 5.72. The van der Waals surface area contributed by atoms with E-state index in [2.05, 4.69) is 18.2 Å². The van der Waals surface area contributed by atoms with Gasteiger partial charge in [-0.3, -0.25) is 0 Å². The Kier molecular flexibility index (Phi) is 4.65. The van der Waals surface area contributed by atoms with Crippen LogP contribution >= 0.6 is 11.8 Å². The van der Waals surface area contributed by atoms with Gasteiger partial charge in [0.05, 0.1) is 19.0 Å². The van der Waals surface area contributed by atoms with Gasteiger partial charge in [0.15, 0.2) is 0 Å². The van der Waals surface area contributed by atoms with E-state index in [1.807, 2.05) is 0 Å². The van der Waals surface area contributed by atoms with E-state index in [0.29, 0.717) is 5.41 Å². The van der Waals surface area contributed by atoms with Gasteiger partial charge in [-0.15, -0.1) is 18.2 Å². The number of terminal acetylenes is 1. The van der Waals surface area contributed by atoms with Gasteiger partial charge in [-0.1, -0.05) is 12.8 Å². The summed E-state index contributed by atoms with van der Waals surface area (Å²) in [5.41, 5.74) is 0.386. The van der Waals surface area contributed by atoms with Crippen LogP contribution in [0, 0.1) is 17.8 Å². The molecule has 0 atom stereocenters. The lowest BCUT2D eigenvalue weighted by Crippen LogP contribution is -2.47. The first-order chi connectivity index (χ1) is 6.27. The fourth-order valence-electron chi connectivity index (χ4n) is 1.22. The number of nitrogens with one attached hydrogen (secondary N) is 1. The molecule has 1 aliphatic heterocycles. The molecule has 0 aromatic carbocycles. The molecule has 0 amide bonds. The Labute approximate surface area is 84.8 Å². The Morgan fingerprint density at radius 3 is 2.92 bits per heavy atom. The number of ether oxygens (including phenoxy) is 1. The smallest absolute Gasteiger partial charge is 0.0554 e. The molecule has 13 heavy (non-hydrogen) atoms. The Morgan fingerprint density at radius 1 is 1.62 bits per heavy atom. The average Bonchev–Trinajstić information content (AvgIpc) is 2.08. The lowest BCUT2D eigenvalue weighted by atomic mass is 9.89. The highest BCUT2D eigenvalue weighted by Crippen LogP contribution is 2.24. The molecule has 0 bridgehead atoms. The molecule has 3 heteroatoms. The van der Waals surface area contributed by atoms with Crippen LogP contribution in [-0.4, -0.2) is 37.8 Å². The van der Waals surface area contributed by atoms with Gasteiger partial charge in [-0.25, -0.2) is 0 Å². The third-order valence-electron chi connectivity index (χ3n) is 2.06. The van der Waals surface area contributed by atoms with Crippen molar-refractivity contribution >= 4 is 11.8 Å². The maximum absolute atomic E-state index is 5.16. The Balaban J connectivity index is 1.87. The zero-order valence-electron chi connectivity index (χ0n) is 8.14. The fraction of sp³-hybridized carbons (Fsp3) is 0.800. The highest BCUT2D eigenvalue weighted by molar-refractivity contribution is 7.99. The highest BCUT2D eigenvalue weighted by Gasteiger charge is 2.32. The van der Waals surface area contributed by atoms with Gasteiger partial charge in [-0.05, 0) is 0 Å². The van der Waals surface area contributed by atoms with Gasteiger partial charge in [-0.2, -0.15) is 0 Å². The molecule has 0 aliphatic carbocycles. The number of hydrogen-bond acceptors (Lipinski definition) is 3. The van der Waals surface area contributed by atoms with Crippen molar-refractivity contribution in [2.75, 3.05) is 37.8 Å². The molecular formula is C10H17NOS. The van der Waals surface area contributed by atoms with Crippen molar-refractivity contribution < 1.29 is 4.74 Å². The molecule has 0 unspecified atom stereocenters. The second kappa shape index (κ2) is 5.54. The van der Waals surface area contributed by atoms with Crippen molar-refractivity contribution in [1.82, 2.24) is 5.32 Å². The van der Waals surface area contributed by atoms with Gasteiger partial charge in [0, 0.05) is 24.3 Å². The molecule has 1 N–H and O–H groups in total. The van der Waals surface area contributed by atoms with E-state index in [1.54, 1.807) is 11.8 Å². The minimum atomic E-state index is 0.386. The van der Waals surface area contributed by atoms with Gasteiger partial charge >= 0.3 is 0 Å². The molecule has 0 aromatic heterocycles. The van der Waals surface area contributed by atoms with Gasteiger partial charge < -0.3 is 10.1 Å². The second-order valence-corrected chi connectivity index (χ2v) is 4.84. The van der Waals surface area contributed by atoms with E-state index in [-0.39, 0.29) is 0 Å². The summed E-state index contributed by atoms with van der Waals surface area (Å²) in [5, 5.41) is 3.42. The van der Waals surface area contributed by atoms with Crippen molar-refractivity contribution in [2.45, 2.75) is 6.92 Å². The second-order valence-electron chi connectivity index (χ2n) is 3.74. The molecule has 1 heterocycles. The summed E-state index contributed by atoms with van der Waals surface area (Å²) in [6, 6.07) is 0. The summed E-state index contributed by atoms with van der Waals surface area (Å²) in [6.45, 7) is 6.15. The molecule has 2 nitrogen and oxygen atoms in total. The summed E-state index contributed by atoms with van der Waals surface area (Å²) in [6.07, 6.45) is 5.14. The number of hydrogen-bond donors (Lipinski definition) is 1. The van der Waals surface area contributed by atoms with E-state index < -0.39 is 0 Å². The van der Waals surface area contributed by atoms with E-state index in [4.69, 9.17) is 11.2 Å². The first kappa shape index (κ1) is 10.9. The van der Waals surface area contributed by atoms with Crippen LogP contribution in [0.3, 0.4) is 0 Å². The predicted octanol–water partition coefficient (Wildman–Crippen LogP) is 0.979. The summed E-state index contributed by atoms with van der Waals surface area (Å²) in [7, 11) is 0. The molecule has 0 aromatic rings. The molecule has 0 radical (unpaired) electrons. The zero-order valence-corrected chi connectivity index (χ0v) is 8.95. The van der Waals surface area contributed by atoms with E-state index in [0.717, 1.165) is 37.8 Å². The zero-order chi connectivity index (χ0) is 9.57. The number of rotatable bonds is 6. The van der Waals surface area contributed by atoms with Crippen molar-refractivity contribution in [2.24, 2.45) is 5.41 Å². The van der Waals surface area contributed by atoms with Gasteiger partial charge in [0.25, 0.3) is 0 Å². The van der Waals surface area contributed by atoms with Crippen LogP contribution in [0.2, 0.25) is 0 Å². The van der Waals surface area contributed by atoms with Crippen LogP contribution in [0.1, 0.15) is 6.92 Å². The van der Waals surface area contributed by atoms with Crippen molar-refractivity contribution in [3.63, 3.8) is 0 Å². The minimum Gasteiger partial charge on any atom is -0.380 e. The molecule has 1 rings (SSSR count). The van der Waals surface area contributed by atoms with Crippen LogP contribution in [0.15, 0.2) is 0 Å². The quantitative estimate of drug-likeness (QED) is 0.509. The van der Waals surface area contributed by atoms with Crippen LogP contribution in [0.4, 0.5) is 0 Å². The minimum absolute atomic E-state index is 0.386. The topological polar surface area (TPSA) is 21.3 Å². The Hall–Kier alpha value is -0.170. The first-order valence-electron chi connectivity index (χ1n) is 4.56. The SMILES string of the molecule is C#CCSCCNCC1(C)COC1. The lowest BCUT2D eigenvalue weighted by Gasteiger charge is -2.38. The van der Waals surface area contributed by atoms with Crippen LogP contribution in [0.25, 0.3) is 0 Å². The van der Waals surface area contributed by atoms with Crippen molar-refractivity contribution in [3.05, 3.63) is 0 Å². The standard InChI is InChI=1S/C10H17NOS/c1-3-5-13-6-4-11-7-10(2)8-12-9-10/h1,11H,4-9H2,2H3. The van der Waals surface area contributed by atoms with Crippen LogP contribution in [0.5, 0.6) is 0 Å². The predicted molar refractivity (Wildman–Crippen MR) is 58.0 cm³/mol. The third-order valence-corrected chi connectivity index (χ3v) is 2.92. The summed E-state index contributed by atoms with van der Waals surface area (Å²) in [4.78, 5) is 0. The Bertz CT molecular complexity index is 184. The lowest BCUT2D eigenvalue weighted by molar-refractivity contribution is -0.0987.